The first kappa shape index (κ1) is 12.8. The molecular formula is C14H27N. The minimum atomic E-state index is 0.713. The molecule has 1 N–H and O–H groups in total. The zero-order valence-electron chi connectivity index (χ0n) is 10.5. The molecule has 1 atom stereocenters. The Hall–Kier alpha value is -0.300. The molecule has 1 nitrogen and oxygen atoms in total. The van der Waals surface area contributed by atoms with Gasteiger partial charge in [0, 0.05) is 6.04 Å². The molecule has 1 unspecified atom stereocenters. The molecule has 1 rings (SSSR count). The van der Waals surface area contributed by atoms with Crippen molar-refractivity contribution < 1.29 is 0 Å². The van der Waals surface area contributed by atoms with Crippen LogP contribution in [0.4, 0.5) is 0 Å². The Morgan fingerprint density at radius 1 is 1.33 bits per heavy atom. The molecule has 0 bridgehead atoms. The van der Waals surface area contributed by atoms with E-state index in [0.29, 0.717) is 6.04 Å². The van der Waals surface area contributed by atoms with E-state index >= 15 is 0 Å². The van der Waals surface area contributed by atoms with Crippen molar-refractivity contribution in [3.63, 3.8) is 0 Å². The third kappa shape index (κ3) is 5.36. The van der Waals surface area contributed by atoms with Crippen molar-refractivity contribution in [3.05, 3.63) is 12.2 Å². The first-order valence-corrected chi connectivity index (χ1v) is 6.54. The molecule has 1 aliphatic rings. The SMILES string of the molecule is C=C(C)CCC(CC1CCCCC1)NC. The van der Waals surface area contributed by atoms with Crippen molar-refractivity contribution in [2.24, 2.45) is 5.92 Å². The number of allylic oxidation sites excluding steroid dienone is 1. The van der Waals surface area contributed by atoms with Gasteiger partial charge in [0.05, 0.1) is 0 Å². The lowest BCUT2D eigenvalue weighted by Gasteiger charge is -2.26. The normalized spacial score (nSPS) is 20.1. The fourth-order valence-electron chi connectivity index (χ4n) is 2.63. The quantitative estimate of drug-likeness (QED) is 0.654. The average molecular weight is 209 g/mol. The van der Waals surface area contributed by atoms with Crippen LogP contribution in [-0.4, -0.2) is 13.1 Å². The predicted molar refractivity (Wildman–Crippen MR) is 68.1 cm³/mol. The molecule has 88 valence electrons. The number of hydrogen-bond acceptors (Lipinski definition) is 1. The number of nitrogens with one attached hydrogen (secondary N) is 1. The summed E-state index contributed by atoms with van der Waals surface area (Å²) in [6, 6.07) is 0.713. The Labute approximate surface area is 95.3 Å². The van der Waals surface area contributed by atoms with Crippen LogP contribution in [0.3, 0.4) is 0 Å². The summed E-state index contributed by atoms with van der Waals surface area (Å²) in [5, 5.41) is 3.46. The third-order valence-electron chi connectivity index (χ3n) is 3.67. The summed E-state index contributed by atoms with van der Waals surface area (Å²) in [7, 11) is 2.10. The van der Waals surface area contributed by atoms with E-state index in [4.69, 9.17) is 0 Å². The molecule has 0 aliphatic heterocycles. The van der Waals surface area contributed by atoms with Gasteiger partial charge in [-0.1, -0.05) is 37.7 Å². The minimum Gasteiger partial charge on any atom is -0.317 e. The molecule has 0 saturated heterocycles. The highest BCUT2D eigenvalue weighted by Crippen LogP contribution is 2.28. The Morgan fingerprint density at radius 3 is 2.53 bits per heavy atom. The van der Waals surface area contributed by atoms with Crippen molar-refractivity contribution in [3.8, 4) is 0 Å². The van der Waals surface area contributed by atoms with Gasteiger partial charge >= 0.3 is 0 Å². The maximum Gasteiger partial charge on any atom is 0.00697 e. The van der Waals surface area contributed by atoms with Crippen LogP contribution in [0.1, 0.15) is 58.3 Å². The van der Waals surface area contributed by atoms with E-state index in [0.717, 1.165) is 5.92 Å². The van der Waals surface area contributed by atoms with Crippen LogP contribution in [0.25, 0.3) is 0 Å². The van der Waals surface area contributed by atoms with Crippen LogP contribution >= 0.6 is 0 Å². The number of hydrogen-bond donors (Lipinski definition) is 1. The van der Waals surface area contributed by atoms with E-state index in [-0.39, 0.29) is 0 Å². The lowest BCUT2D eigenvalue weighted by molar-refractivity contribution is 0.297. The maximum atomic E-state index is 3.98. The fourth-order valence-corrected chi connectivity index (χ4v) is 2.63. The molecule has 0 heterocycles. The second kappa shape index (κ2) is 7.05. The van der Waals surface area contributed by atoms with Crippen LogP contribution in [0.15, 0.2) is 12.2 Å². The first-order chi connectivity index (χ1) is 7.22. The summed E-state index contributed by atoms with van der Waals surface area (Å²) in [5.41, 5.74) is 1.32. The van der Waals surface area contributed by atoms with Gasteiger partial charge in [0.1, 0.15) is 0 Å². The van der Waals surface area contributed by atoms with Crippen molar-refractivity contribution in [2.75, 3.05) is 7.05 Å². The van der Waals surface area contributed by atoms with E-state index in [1.54, 1.807) is 0 Å². The van der Waals surface area contributed by atoms with Gasteiger partial charge in [-0.25, -0.2) is 0 Å². The molecule has 1 saturated carbocycles. The average Bonchev–Trinajstić information content (AvgIpc) is 2.25. The van der Waals surface area contributed by atoms with Gasteiger partial charge in [-0.05, 0) is 39.2 Å². The van der Waals surface area contributed by atoms with E-state index in [9.17, 15) is 0 Å². The van der Waals surface area contributed by atoms with Crippen LogP contribution in [0, 0.1) is 5.92 Å². The number of rotatable bonds is 6. The first-order valence-electron chi connectivity index (χ1n) is 6.54. The van der Waals surface area contributed by atoms with Crippen molar-refractivity contribution in [1.82, 2.24) is 5.32 Å². The zero-order chi connectivity index (χ0) is 11.1. The largest absolute Gasteiger partial charge is 0.317 e. The summed E-state index contributed by atoms with van der Waals surface area (Å²) in [6.45, 7) is 6.11. The lowest BCUT2D eigenvalue weighted by Crippen LogP contribution is -2.28. The topological polar surface area (TPSA) is 12.0 Å². The van der Waals surface area contributed by atoms with Crippen molar-refractivity contribution >= 4 is 0 Å². The summed E-state index contributed by atoms with van der Waals surface area (Å²) in [4.78, 5) is 0. The molecule has 15 heavy (non-hydrogen) atoms. The molecule has 1 fully saturated rings. The van der Waals surface area contributed by atoms with E-state index in [2.05, 4.69) is 25.9 Å². The minimum absolute atomic E-state index is 0.713. The van der Waals surface area contributed by atoms with Crippen LogP contribution in [0.2, 0.25) is 0 Å². The maximum absolute atomic E-state index is 3.98. The van der Waals surface area contributed by atoms with E-state index in [1.807, 2.05) is 0 Å². The van der Waals surface area contributed by atoms with Crippen LogP contribution < -0.4 is 5.32 Å². The molecule has 1 aliphatic carbocycles. The fraction of sp³-hybridized carbons (Fsp3) is 0.857. The van der Waals surface area contributed by atoms with Gasteiger partial charge in [-0.3, -0.25) is 0 Å². The second-order valence-corrected chi connectivity index (χ2v) is 5.22. The highest BCUT2D eigenvalue weighted by atomic mass is 14.9. The smallest absolute Gasteiger partial charge is 0.00697 e. The van der Waals surface area contributed by atoms with Gasteiger partial charge < -0.3 is 5.32 Å². The van der Waals surface area contributed by atoms with E-state index in [1.165, 1.54) is 56.9 Å². The Morgan fingerprint density at radius 2 is 2.00 bits per heavy atom. The molecule has 0 aromatic heterocycles. The molecule has 0 aromatic carbocycles. The van der Waals surface area contributed by atoms with E-state index < -0.39 is 0 Å². The second-order valence-electron chi connectivity index (χ2n) is 5.22. The highest BCUT2D eigenvalue weighted by Gasteiger charge is 2.17. The van der Waals surface area contributed by atoms with Crippen LogP contribution in [0.5, 0.6) is 0 Å². The highest BCUT2D eigenvalue weighted by molar-refractivity contribution is 4.89. The Kier molecular flexibility index (Phi) is 6.00. The summed E-state index contributed by atoms with van der Waals surface area (Å²) < 4.78 is 0. The monoisotopic (exact) mass is 209 g/mol. The molecule has 0 radical (unpaired) electrons. The van der Waals surface area contributed by atoms with Crippen molar-refractivity contribution in [2.45, 2.75) is 64.3 Å². The van der Waals surface area contributed by atoms with Gasteiger partial charge in [-0.2, -0.15) is 0 Å². The summed E-state index contributed by atoms with van der Waals surface area (Å²) in [5.74, 6) is 0.987. The van der Waals surface area contributed by atoms with Gasteiger partial charge in [-0.15, -0.1) is 6.58 Å². The van der Waals surface area contributed by atoms with Gasteiger partial charge in [0.25, 0.3) is 0 Å². The summed E-state index contributed by atoms with van der Waals surface area (Å²) >= 11 is 0. The van der Waals surface area contributed by atoms with Crippen molar-refractivity contribution in [1.29, 1.82) is 0 Å². The zero-order valence-corrected chi connectivity index (χ0v) is 10.5. The Balaban J connectivity index is 2.22. The molecule has 1 heteroatoms. The molecule has 0 aromatic rings. The van der Waals surface area contributed by atoms with Crippen LogP contribution in [-0.2, 0) is 0 Å². The molecular weight excluding hydrogens is 182 g/mol. The summed E-state index contributed by atoms with van der Waals surface area (Å²) in [6.07, 6.45) is 11.1. The third-order valence-corrected chi connectivity index (χ3v) is 3.67. The molecule has 0 amide bonds. The standard InChI is InChI=1S/C14H27N/c1-12(2)9-10-14(15-3)11-13-7-5-4-6-8-13/h13-15H,1,4-11H2,2-3H3. The predicted octanol–water partition coefficient (Wildman–Crippen LogP) is 3.90. The van der Waals surface area contributed by atoms with Gasteiger partial charge in [0.15, 0.2) is 0 Å². The Bertz CT molecular complexity index is 180. The lowest BCUT2D eigenvalue weighted by atomic mass is 9.84. The molecule has 0 spiro atoms. The van der Waals surface area contributed by atoms with Gasteiger partial charge in [0.2, 0.25) is 0 Å².